The van der Waals surface area contributed by atoms with Crippen LogP contribution in [0.1, 0.15) is 18.1 Å². The SMILES string of the molecule is C[C@@H](CO)NCc1cnn(Cc2ccccc2)c1. The molecule has 0 unspecified atom stereocenters. The first-order valence-corrected chi connectivity index (χ1v) is 6.17. The van der Waals surface area contributed by atoms with Gasteiger partial charge in [0.1, 0.15) is 0 Å². The van der Waals surface area contributed by atoms with Crippen LogP contribution in [0.25, 0.3) is 0 Å². The molecule has 2 aromatic rings. The van der Waals surface area contributed by atoms with E-state index >= 15 is 0 Å². The molecule has 0 saturated heterocycles. The average Bonchev–Trinajstić information content (AvgIpc) is 2.85. The zero-order chi connectivity index (χ0) is 12.8. The largest absolute Gasteiger partial charge is 0.395 e. The van der Waals surface area contributed by atoms with E-state index in [1.807, 2.05) is 42.2 Å². The maximum absolute atomic E-state index is 8.93. The minimum Gasteiger partial charge on any atom is -0.395 e. The van der Waals surface area contributed by atoms with Gasteiger partial charge in [-0.3, -0.25) is 4.68 Å². The number of rotatable bonds is 6. The molecule has 1 atom stereocenters. The molecule has 96 valence electrons. The molecule has 1 aromatic heterocycles. The average molecular weight is 245 g/mol. The Morgan fingerprint density at radius 2 is 2.06 bits per heavy atom. The molecule has 0 spiro atoms. The van der Waals surface area contributed by atoms with E-state index in [0.717, 1.165) is 18.7 Å². The molecule has 0 radical (unpaired) electrons. The summed E-state index contributed by atoms with van der Waals surface area (Å²) < 4.78 is 1.93. The van der Waals surface area contributed by atoms with Crippen LogP contribution in [0.4, 0.5) is 0 Å². The normalized spacial score (nSPS) is 12.6. The maximum atomic E-state index is 8.93. The predicted molar refractivity (Wildman–Crippen MR) is 71.2 cm³/mol. The van der Waals surface area contributed by atoms with Gasteiger partial charge in [0.2, 0.25) is 0 Å². The molecule has 0 amide bonds. The second-order valence-corrected chi connectivity index (χ2v) is 4.50. The van der Waals surface area contributed by atoms with Crippen molar-refractivity contribution in [2.24, 2.45) is 0 Å². The topological polar surface area (TPSA) is 50.1 Å². The summed E-state index contributed by atoms with van der Waals surface area (Å²) in [4.78, 5) is 0. The van der Waals surface area contributed by atoms with Crippen LogP contribution >= 0.6 is 0 Å². The van der Waals surface area contributed by atoms with E-state index in [-0.39, 0.29) is 12.6 Å². The van der Waals surface area contributed by atoms with E-state index in [0.29, 0.717) is 0 Å². The van der Waals surface area contributed by atoms with Crippen molar-refractivity contribution in [3.8, 4) is 0 Å². The van der Waals surface area contributed by atoms with E-state index in [2.05, 4.69) is 22.5 Å². The Balaban J connectivity index is 1.90. The van der Waals surface area contributed by atoms with Gasteiger partial charge in [0, 0.05) is 24.3 Å². The number of nitrogens with one attached hydrogen (secondary N) is 1. The summed E-state index contributed by atoms with van der Waals surface area (Å²) in [5.41, 5.74) is 2.37. The Kier molecular flexibility index (Phi) is 4.50. The lowest BCUT2D eigenvalue weighted by molar-refractivity contribution is 0.251. The fourth-order valence-corrected chi connectivity index (χ4v) is 1.71. The van der Waals surface area contributed by atoms with Crippen molar-refractivity contribution < 1.29 is 5.11 Å². The lowest BCUT2D eigenvalue weighted by atomic mass is 10.2. The maximum Gasteiger partial charge on any atom is 0.0659 e. The van der Waals surface area contributed by atoms with Crippen LogP contribution in [0.5, 0.6) is 0 Å². The summed E-state index contributed by atoms with van der Waals surface area (Å²) in [5, 5.41) is 16.5. The van der Waals surface area contributed by atoms with Crippen molar-refractivity contribution in [1.29, 1.82) is 0 Å². The highest BCUT2D eigenvalue weighted by Gasteiger charge is 2.02. The van der Waals surface area contributed by atoms with Crippen molar-refractivity contribution in [3.05, 3.63) is 53.9 Å². The van der Waals surface area contributed by atoms with Crippen LogP contribution in [-0.2, 0) is 13.1 Å². The number of hydrogen-bond acceptors (Lipinski definition) is 3. The Labute approximate surface area is 107 Å². The number of aliphatic hydroxyl groups is 1. The first kappa shape index (κ1) is 12.8. The van der Waals surface area contributed by atoms with Crippen molar-refractivity contribution in [2.45, 2.75) is 26.1 Å². The molecule has 4 nitrogen and oxygen atoms in total. The van der Waals surface area contributed by atoms with Crippen LogP contribution in [0, 0.1) is 0 Å². The van der Waals surface area contributed by atoms with Crippen LogP contribution < -0.4 is 5.32 Å². The van der Waals surface area contributed by atoms with Crippen molar-refractivity contribution in [1.82, 2.24) is 15.1 Å². The Bertz CT molecular complexity index is 467. The Morgan fingerprint density at radius 3 is 2.78 bits per heavy atom. The van der Waals surface area contributed by atoms with Crippen LogP contribution in [0.15, 0.2) is 42.7 Å². The molecule has 0 fully saturated rings. The molecule has 4 heteroatoms. The third-order valence-corrected chi connectivity index (χ3v) is 2.80. The molecule has 0 bridgehead atoms. The fraction of sp³-hybridized carbons (Fsp3) is 0.357. The molecule has 0 aliphatic rings. The third kappa shape index (κ3) is 3.68. The zero-order valence-electron chi connectivity index (χ0n) is 10.6. The Morgan fingerprint density at radius 1 is 1.28 bits per heavy atom. The van der Waals surface area contributed by atoms with Gasteiger partial charge in [0.15, 0.2) is 0 Å². The summed E-state index contributed by atoms with van der Waals surface area (Å²) in [6, 6.07) is 10.4. The smallest absolute Gasteiger partial charge is 0.0659 e. The van der Waals surface area contributed by atoms with Gasteiger partial charge in [0.25, 0.3) is 0 Å². The van der Waals surface area contributed by atoms with Gasteiger partial charge >= 0.3 is 0 Å². The van der Waals surface area contributed by atoms with E-state index < -0.39 is 0 Å². The van der Waals surface area contributed by atoms with Crippen LogP contribution in [-0.4, -0.2) is 27.5 Å². The Hall–Kier alpha value is -1.65. The first-order chi connectivity index (χ1) is 8.78. The van der Waals surface area contributed by atoms with E-state index in [9.17, 15) is 0 Å². The summed E-state index contributed by atoms with van der Waals surface area (Å²) in [6.07, 6.45) is 3.89. The van der Waals surface area contributed by atoms with E-state index in [1.165, 1.54) is 5.56 Å². The van der Waals surface area contributed by atoms with Crippen molar-refractivity contribution >= 4 is 0 Å². The number of hydrogen-bond donors (Lipinski definition) is 2. The molecule has 0 saturated carbocycles. The van der Waals surface area contributed by atoms with Crippen molar-refractivity contribution in [2.75, 3.05) is 6.61 Å². The van der Waals surface area contributed by atoms with E-state index in [1.54, 1.807) is 0 Å². The minimum absolute atomic E-state index is 0.113. The van der Waals surface area contributed by atoms with Gasteiger partial charge in [0.05, 0.1) is 19.3 Å². The predicted octanol–water partition coefficient (Wildman–Crippen LogP) is 1.40. The molecule has 2 rings (SSSR count). The zero-order valence-corrected chi connectivity index (χ0v) is 10.6. The second-order valence-electron chi connectivity index (χ2n) is 4.50. The number of aromatic nitrogens is 2. The van der Waals surface area contributed by atoms with Gasteiger partial charge in [-0.2, -0.15) is 5.10 Å². The van der Waals surface area contributed by atoms with Gasteiger partial charge in [-0.15, -0.1) is 0 Å². The highest BCUT2D eigenvalue weighted by Crippen LogP contribution is 2.04. The van der Waals surface area contributed by atoms with Crippen LogP contribution in [0.2, 0.25) is 0 Å². The van der Waals surface area contributed by atoms with Gasteiger partial charge in [-0.1, -0.05) is 30.3 Å². The van der Waals surface area contributed by atoms with Gasteiger partial charge < -0.3 is 10.4 Å². The molecule has 18 heavy (non-hydrogen) atoms. The molecule has 1 aromatic carbocycles. The molecule has 1 heterocycles. The molecule has 0 aliphatic carbocycles. The minimum atomic E-state index is 0.113. The first-order valence-electron chi connectivity index (χ1n) is 6.17. The van der Waals surface area contributed by atoms with Gasteiger partial charge in [-0.25, -0.2) is 0 Å². The molecule has 0 aliphatic heterocycles. The number of benzene rings is 1. The monoisotopic (exact) mass is 245 g/mol. The molecular weight excluding hydrogens is 226 g/mol. The second kappa shape index (κ2) is 6.33. The molecular formula is C14H19N3O. The molecule has 2 N–H and O–H groups in total. The van der Waals surface area contributed by atoms with Crippen molar-refractivity contribution in [3.63, 3.8) is 0 Å². The standard InChI is InChI=1S/C14H19N3O/c1-12(11-18)15-7-14-8-16-17(10-14)9-13-5-3-2-4-6-13/h2-6,8,10,12,15,18H,7,9,11H2,1H3/t12-/m0/s1. The highest BCUT2D eigenvalue weighted by molar-refractivity contribution is 5.15. The quantitative estimate of drug-likeness (QED) is 0.809. The third-order valence-electron chi connectivity index (χ3n) is 2.80. The lowest BCUT2D eigenvalue weighted by Gasteiger charge is -2.08. The van der Waals surface area contributed by atoms with Crippen LogP contribution in [0.3, 0.4) is 0 Å². The number of aliphatic hydroxyl groups excluding tert-OH is 1. The summed E-state index contributed by atoms with van der Waals surface area (Å²) in [6.45, 7) is 3.62. The van der Waals surface area contributed by atoms with E-state index in [4.69, 9.17) is 5.11 Å². The summed E-state index contributed by atoms with van der Waals surface area (Å²) in [5.74, 6) is 0. The fourth-order valence-electron chi connectivity index (χ4n) is 1.71. The van der Waals surface area contributed by atoms with Gasteiger partial charge in [-0.05, 0) is 12.5 Å². The highest BCUT2D eigenvalue weighted by atomic mass is 16.3. The number of nitrogens with zero attached hydrogens (tertiary/aromatic N) is 2. The summed E-state index contributed by atoms with van der Waals surface area (Å²) >= 11 is 0. The summed E-state index contributed by atoms with van der Waals surface area (Å²) in [7, 11) is 0. The lowest BCUT2D eigenvalue weighted by Crippen LogP contribution is -2.28.